The lowest BCUT2D eigenvalue weighted by Gasteiger charge is -2.18. The summed E-state index contributed by atoms with van der Waals surface area (Å²) in [6.45, 7) is 0. The highest BCUT2D eigenvalue weighted by molar-refractivity contribution is 7.98. The molecule has 4 aromatic rings. The van der Waals surface area contributed by atoms with Gasteiger partial charge in [-0.15, -0.1) is 11.3 Å². The number of aryl methyl sites for hydroxylation is 2. The molecule has 0 N–H and O–H groups in total. The second-order valence-corrected chi connectivity index (χ2v) is 11.2. The molecule has 34 heavy (non-hydrogen) atoms. The maximum Gasteiger partial charge on any atom is 0.336 e. The fraction of sp³-hybridized carbons (Fsp3) is 0.423. The molecule has 176 valence electrons. The maximum absolute atomic E-state index is 13.9. The van der Waals surface area contributed by atoms with E-state index in [2.05, 4.69) is 0 Å². The number of nitrogens with zero attached hydrogens (tertiary/aromatic N) is 2. The van der Waals surface area contributed by atoms with Crippen LogP contribution < -0.4 is 15.9 Å². The summed E-state index contributed by atoms with van der Waals surface area (Å²) in [7, 11) is 1.59. The van der Waals surface area contributed by atoms with E-state index in [1.54, 1.807) is 42.3 Å². The van der Waals surface area contributed by atoms with Gasteiger partial charge in [-0.25, -0.2) is 9.78 Å². The molecule has 1 aromatic carbocycles. The number of thioether (sulfide) groups is 1. The van der Waals surface area contributed by atoms with Gasteiger partial charge in [0.1, 0.15) is 16.2 Å². The van der Waals surface area contributed by atoms with Crippen LogP contribution in [0.4, 0.5) is 0 Å². The Morgan fingerprint density at radius 3 is 2.79 bits per heavy atom. The first-order chi connectivity index (χ1) is 16.6. The molecular weight excluding hydrogens is 468 g/mol. The number of ether oxygens (including phenoxy) is 1. The van der Waals surface area contributed by atoms with Crippen LogP contribution in [0.1, 0.15) is 60.6 Å². The Hall–Kier alpha value is -2.58. The average Bonchev–Trinajstić information content (AvgIpc) is 3.49. The van der Waals surface area contributed by atoms with Crippen LogP contribution in [0, 0.1) is 0 Å². The van der Waals surface area contributed by atoms with Gasteiger partial charge in [0.25, 0.3) is 5.56 Å². The zero-order valence-corrected chi connectivity index (χ0v) is 20.7. The summed E-state index contributed by atoms with van der Waals surface area (Å²) in [6, 6.07) is 7.27. The van der Waals surface area contributed by atoms with Crippen LogP contribution in [0.15, 0.2) is 43.4 Å². The third kappa shape index (κ3) is 3.77. The van der Waals surface area contributed by atoms with E-state index in [0.717, 1.165) is 71.3 Å². The average molecular weight is 495 g/mol. The van der Waals surface area contributed by atoms with E-state index in [9.17, 15) is 9.59 Å². The molecule has 0 spiro atoms. The highest BCUT2D eigenvalue weighted by atomic mass is 32.2. The van der Waals surface area contributed by atoms with Gasteiger partial charge in [-0.05, 0) is 61.8 Å². The van der Waals surface area contributed by atoms with Crippen molar-refractivity contribution in [2.75, 3.05) is 7.11 Å². The summed E-state index contributed by atoms with van der Waals surface area (Å²) < 4.78 is 12.7. The molecule has 0 aliphatic heterocycles. The lowest BCUT2D eigenvalue weighted by atomic mass is 9.97. The van der Waals surface area contributed by atoms with Gasteiger partial charge in [-0.2, -0.15) is 0 Å². The second kappa shape index (κ2) is 8.89. The third-order valence-corrected chi connectivity index (χ3v) is 9.26. The van der Waals surface area contributed by atoms with E-state index >= 15 is 0 Å². The minimum atomic E-state index is -0.390. The number of fused-ring (bicyclic) bond motifs is 4. The monoisotopic (exact) mass is 494 g/mol. The van der Waals surface area contributed by atoms with Gasteiger partial charge < -0.3 is 9.15 Å². The standard InChI is InChI=1S/C26H26N2O4S2/c1-31-17-10-11-18-15(12-22(29)32-20(18)13-17)14-33-26-27-24-23(19-8-4-5-9-21(19)34-24)25(30)28(26)16-6-2-3-7-16/h10-13,16H,2-9,14H2,1H3. The van der Waals surface area contributed by atoms with Crippen molar-refractivity contribution in [3.63, 3.8) is 0 Å². The van der Waals surface area contributed by atoms with Crippen LogP contribution in [-0.2, 0) is 18.6 Å². The van der Waals surface area contributed by atoms with Gasteiger partial charge in [0.05, 0.1) is 12.5 Å². The van der Waals surface area contributed by atoms with E-state index in [-0.39, 0.29) is 17.2 Å². The molecule has 1 saturated carbocycles. The van der Waals surface area contributed by atoms with E-state index in [0.29, 0.717) is 17.1 Å². The second-order valence-electron chi connectivity index (χ2n) is 9.14. The molecule has 1 fully saturated rings. The number of methoxy groups -OCH3 is 1. The van der Waals surface area contributed by atoms with Crippen LogP contribution in [-0.4, -0.2) is 16.7 Å². The Bertz CT molecular complexity index is 1510. The topological polar surface area (TPSA) is 74.3 Å². The number of aromatic nitrogens is 2. The van der Waals surface area contributed by atoms with Crippen LogP contribution in [0.3, 0.4) is 0 Å². The normalized spacial score (nSPS) is 16.4. The molecule has 3 aromatic heterocycles. The fourth-order valence-electron chi connectivity index (χ4n) is 5.38. The number of rotatable bonds is 5. The van der Waals surface area contributed by atoms with Crippen molar-refractivity contribution in [2.45, 2.75) is 68.3 Å². The SMILES string of the molecule is COc1ccc2c(CSc3nc4sc5c(c4c(=O)n3C3CCCC3)CCCC5)cc(=O)oc2c1. The highest BCUT2D eigenvalue weighted by Crippen LogP contribution is 2.38. The van der Waals surface area contributed by atoms with E-state index in [1.165, 1.54) is 16.9 Å². The van der Waals surface area contributed by atoms with Crippen molar-refractivity contribution in [3.05, 3.63) is 61.0 Å². The summed E-state index contributed by atoms with van der Waals surface area (Å²) in [5, 5.41) is 2.49. The zero-order valence-electron chi connectivity index (χ0n) is 19.1. The lowest BCUT2D eigenvalue weighted by molar-refractivity contribution is 0.414. The molecule has 8 heteroatoms. The van der Waals surface area contributed by atoms with Crippen molar-refractivity contribution in [3.8, 4) is 5.75 Å². The molecular formula is C26H26N2O4S2. The Kier molecular flexibility index (Phi) is 5.73. The van der Waals surface area contributed by atoms with Crippen LogP contribution >= 0.6 is 23.1 Å². The summed E-state index contributed by atoms with van der Waals surface area (Å²) in [6.07, 6.45) is 8.70. The zero-order chi connectivity index (χ0) is 23.2. The Morgan fingerprint density at radius 1 is 1.15 bits per heavy atom. The lowest BCUT2D eigenvalue weighted by Crippen LogP contribution is -2.26. The van der Waals surface area contributed by atoms with Gasteiger partial charge >= 0.3 is 5.63 Å². The van der Waals surface area contributed by atoms with E-state index < -0.39 is 0 Å². The van der Waals surface area contributed by atoms with Crippen molar-refractivity contribution in [1.29, 1.82) is 0 Å². The van der Waals surface area contributed by atoms with E-state index in [1.807, 2.05) is 16.7 Å². The summed E-state index contributed by atoms with van der Waals surface area (Å²) in [4.78, 5) is 33.4. The molecule has 3 heterocycles. The Balaban J connectivity index is 1.44. The number of hydrogen-bond acceptors (Lipinski definition) is 7. The van der Waals surface area contributed by atoms with Gasteiger partial charge in [0, 0.05) is 34.2 Å². The quantitative estimate of drug-likeness (QED) is 0.197. The number of benzene rings is 1. The predicted molar refractivity (Wildman–Crippen MR) is 137 cm³/mol. The molecule has 2 aliphatic rings. The van der Waals surface area contributed by atoms with Crippen LogP contribution in [0.2, 0.25) is 0 Å². The third-order valence-electron chi connectivity index (χ3n) is 7.07. The molecule has 0 saturated heterocycles. The highest BCUT2D eigenvalue weighted by Gasteiger charge is 2.27. The molecule has 0 radical (unpaired) electrons. The van der Waals surface area contributed by atoms with Crippen LogP contribution in [0.5, 0.6) is 5.75 Å². The first-order valence-corrected chi connectivity index (χ1v) is 13.7. The van der Waals surface area contributed by atoms with Crippen molar-refractivity contribution in [1.82, 2.24) is 9.55 Å². The number of hydrogen-bond donors (Lipinski definition) is 0. The molecule has 0 atom stereocenters. The van der Waals surface area contributed by atoms with Crippen LogP contribution in [0.25, 0.3) is 21.2 Å². The van der Waals surface area contributed by atoms with Crippen molar-refractivity contribution < 1.29 is 9.15 Å². The minimum Gasteiger partial charge on any atom is -0.497 e. The number of thiophene rings is 1. The van der Waals surface area contributed by atoms with Gasteiger partial charge in [0.15, 0.2) is 5.16 Å². The fourth-order valence-corrected chi connectivity index (χ4v) is 7.74. The molecule has 2 aliphatic carbocycles. The minimum absolute atomic E-state index is 0.126. The summed E-state index contributed by atoms with van der Waals surface area (Å²) in [5.41, 5.74) is 2.36. The summed E-state index contributed by atoms with van der Waals surface area (Å²) >= 11 is 3.24. The predicted octanol–water partition coefficient (Wildman–Crippen LogP) is 5.86. The molecule has 0 bridgehead atoms. The Labute approximate surface area is 205 Å². The molecule has 6 nitrogen and oxygen atoms in total. The molecule has 0 unspecified atom stereocenters. The van der Waals surface area contributed by atoms with Gasteiger partial charge in [-0.3, -0.25) is 9.36 Å². The largest absolute Gasteiger partial charge is 0.497 e. The first kappa shape index (κ1) is 21.9. The Morgan fingerprint density at radius 2 is 1.97 bits per heavy atom. The molecule has 0 amide bonds. The summed E-state index contributed by atoms with van der Waals surface area (Å²) in [5.74, 6) is 1.17. The van der Waals surface area contributed by atoms with E-state index in [4.69, 9.17) is 14.1 Å². The van der Waals surface area contributed by atoms with Gasteiger partial charge in [0.2, 0.25) is 0 Å². The van der Waals surface area contributed by atoms with Gasteiger partial charge in [-0.1, -0.05) is 24.6 Å². The van der Waals surface area contributed by atoms with Crippen molar-refractivity contribution in [2.24, 2.45) is 0 Å². The molecule has 6 rings (SSSR count). The first-order valence-electron chi connectivity index (χ1n) is 11.9. The maximum atomic E-state index is 13.9. The van der Waals surface area contributed by atoms with Crippen molar-refractivity contribution >= 4 is 44.3 Å². The smallest absolute Gasteiger partial charge is 0.336 e.